The van der Waals surface area contributed by atoms with E-state index < -0.39 is 0 Å². The van der Waals surface area contributed by atoms with Crippen molar-refractivity contribution in [2.75, 3.05) is 7.11 Å². The lowest BCUT2D eigenvalue weighted by atomic mass is 10.1. The Morgan fingerprint density at radius 2 is 1.90 bits per heavy atom. The predicted octanol–water partition coefficient (Wildman–Crippen LogP) is 6.32. The number of thiophene rings is 1. The molecule has 0 spiro atoms. The average molecular weight is 411 g/mol. The Kier molecular flexibility index (Phi) is 7.19. The molecule has 29 heavy (non-hydrogen) atoms. The number of aryl methyl sites for hydroxylation is 1. The van der Waals surface area contributed by atoms with Gasteiger partial charge >= 0.3 is 0 Å². The molecule has 0 bridgehead atoms. The van der Waals surface area contributed by atoms with Crippen molar-refractivity contribution in [2.45, 2.75) is 26.4 Å². The predicted molar refractivity (Wildman–Crippen MR) is 115 cm³/mol. The molecule has 1 aromatic heterocycles. The molecule has 2 aromatic carbocycles. The molecule has 0 aliphatic heterocycles. The molecular weight excluding hydrogens is 387 g/mol. The fraction of sp³-hybridized carbons (Fsp3) is 0.208. The van der Waals surface area contributed by atoms with Crippen LogP contribution in [0.3, 0.4) is 0 Å². The first-order valence-corrected chi connectivity index (χ1v) is 10.3. The maximum absolute atomic E-state index is 13.0. The van der Waals surface area contributed by atoms with Gasteiger partial charge in [-0.25, -0.2) is 4.39 Å². The third-order valence-electron chi connectivity index (χ3n) is 4.34. The largest absolute Gasteiger partial charge is 0.496 e. The van der Waals surface area contributed by atoms with Crippen molar-refractivity contribution in [3.05, 3.63) is 87.4 Å². The van der Waals surface area contributed by atoms with Crippen molar-refractivity contribution >= 4 is 23.2 Å². The molecule has 0 unspecified atom stereocenters. The second kappa shape index (κ2) is 10.0. The van der Waals surface area contributed by atoms with Gasteiger partial charge in [0.1, 0.15) is 23.9 Å². The fourth-order valence-electron chi connectivity index (χ4n) is 2.85. The third-order valence-corrected chi connectivity index (χ3v) is 5.50. The summed E-state index contributed by atoms with van der Waals surface area (Å²) in [7, 11) is 1.60. The van der Waals surface area contributed by atoms with Crippen LogP contribution in [0.25, 0.3) is 6.08 Å². The van der Waals surface area contributed by atoms with E-state index in [4.69, 9.17) is 9.47 Å². The zero-order valence-electron chi connectivity index (χ0n) is 16.5. The fourth-order valence-corrected chi connectivity index (χ4v) is 3.88. The van der Waals surface area contributed by atoms with E-state index in [1.165, 1.54) is 17.0 Å². The smallest absolute Gasteiger partial charge is 0.195 e. The van der Waals surface area contributed by atoms with Gasteiger partial charge in [0.15, 0.2) is 5.78 Å². The van der Waals surface area contributed by atoms with Crippen molar-refractivity contribution in [3.8, 4) is 11.5 Å². The highest BCUT2D eigenvalue weighted by Crippen LogP contribution is 2.24. The SMILES string of the molecule is CCCc1ccc(C(=O)/C=C/c2ccc(OC)c(COc3ccc(F)cc3)c2)s1. The van der Waals surface area contributed by atoms with Crippen LogP contribution in [0.5, 0.6) is 11.5 Å². The Balaban J connectivity index is 1.70. The average Bonchev–Trinajstić information content (AvgIpc) is 3.20. The Hall–Kier alpha value is -2.92. The highest BCUT2D eigenvalue weighted by molar-refractivity contribution is 7.14. The van der Waals surface area contributed by atoms with Crippen LogP contribution in [-0.4, -0.2) is 12.9 Å². The van der Waals surface area contributed by atoms with E-state index >= 15 is 0 Å². The summed E-state index contributed by atoms with van der Waals surface area (Å²) in [6.07, 6.45) is 5.45. The van der Waals surface area contributed by atoms with Gasteiger partial charge in [-0.3, -0.25) is 4.79 Å². The van der Waals surface area contributed by atoms with Crippen LogP contribution in [0.15, 0.2) is 60.7 Å². The molecule has 0 N–H and O–H groups in total. The third kappa shape index (κ3) is 5.78. The molecule has 150 valence electrons. The maximum atomic E-state index is 13.0. The zero-order valence-corrected chi connectivity index (χ0v) is 17.3. The summed E-state index contributed by atoms with van der Waals surface area (Å²) < 4.78 is 24.2. The Morgan fingerprint density at radius 1 is 1.10 bits per heavy atom. The number of rotatable bonds is 9. The minimum absolute atomic E-state index is 0.00252. The van der Waals surface area contributed by atoms with Crippen molar-refractivity contribution < 1.29 is 18.7 Å². The molecule has 0 saturated carbocycles. The zero-order chi connectivity index (χ0) is 20.6. The minimum Gasteiger partial charge on any atom is -0.496 e. The summed E-state index contributed by atoms with van der Waals surface area (Å²) in [5, 5.41) is 0. The second-order valence-electron chi connectivity index (χ2n) is 6.53. The van der Waals surface area contributed by atoms with E-state index in [1.807, 2.05) is 30.3 Å². The van der Waals surface area contributed by atoms with Gasteiger partial charge in [0, 0.05) is 10.4 Å². The van der Waals surface area contributed by atoms with Crippen LogP contribution in [0, 0.1) is 5.82 Å². The first-order valence-electron chi connectivity index (χ1n) is 9.45. The van der Waals surface area contributed by atoms with Crippen LogP contribution in [0.1, 0.15) is 39.0 Å². The molecule has 5 heteroatoms. The van der Waals surface area contributed by atoms with Gasteiger partial charge in [-0.2, -0.15) is 0 Å². The number of carbonyl (C=O) groups excluding carboxylic acids is 1. The summed E-state index contributed by atoms with van der Waals surface area (Å²) in [6, 6.07) is 15.4. The van der Waals surface area contributed by atoms with E-state index in [2.05, 4.69) is 6.92 Å². The summed E-state index contributed by atoms with van der Waals surface area (Å²) in [4.78, 5) is 14.4. The summed E-state index contributed by atoms with van der Waals surface area (Å²) in [5.74, 6) is 0.958. The number of hydrogen-bond acceptors (Lipinski definition) is 4. The molecule has 0 aliphatic rings. The van der Waals surface area contributed by atoms with E-state index in [0.29, 0.717) is 11.5 Å². The highest BCUT2D eigenvalue weighted by atomic mass is 32.1. The molecular formula is C24H23FO3S. The number of benzene rings is 2. The van der Waals surface area contributed by atoms with Crippen LogP contribution in [-0.2, 0) is 13.0 Å². The highest BCUT2D eigenvalue weighted by Gasteiger charge is 2.08. The van der Waals surface area contributed by atoms with Crippen molar-refractivity contribution in [1.82, 2.24) is 0 Å². The van der Waals surface area contributed by atoms with Crippen molar-refractivity contribution in [2.24, 2.45) is 0 Å². The lowest BCUT2D eigenvalue weighted by Crippen LogP contribution is -1.99. The van der Waals surface area contributed by atoms with E-state index in [-0.39, 0.29) is 18.2 Å². The Labute approximate surface area is 174 Å². The summed E-state index contributed by atoms with van der Waals surface area (Å²) in [6.45, 7) is 2.40. The number of carbonyl (C=O) groups is 1. The monoisotopic (exact) mass is 410 g/mol. The van der Waals surface area contributed by atoms with Crippen LogP contribution in [0.4, 0.5) is 4.39 Å². The number of methoxy groups -OCH3 is 1. The van der Waals surface area contributed by atoms with E-state index in [9.17, 15) is 9.18 Å². The standard InChI is InChI=1S/C24H23FO3S/c1-3-4-21-11-14-24(29-21)22(26)12-5-17-6-13-23(27-2)18(15-17)16-28-20-9-7-19(25)8-10-20/h5-15H,3-4,16H2,1-2H3/b12-5+. The quantitative estimate of drug-likeness (QED) is 0.306. The van der Waals surface area contributed by atoms with Crippen LogP contribution in [0.2, 0.25) is 0 Å². The molecule has 3 rings (SSSR count). The van der Waals surface area contributed by atoms with Crippen molar-refractivity contribution in [1.29, 1.82) is 0 Å². The number of ether oxygens (including phenoxy) is 2. The van der Waals surface area contributed by atoms with Gasteiger partial charge in [-0.1, -0.05) is 25.5 Å². The number of hydrogen-bond donors (Lipinski definition) is 0. The maximum Gasteiger partial charge on any atom is 0.195 e. The molecule has 0 aliphatic carbocycles. The lowest BCUT2D eigenvalue weighted by molar-refractivity contribution is 0.105. The lowest BCUT2D eigenvalue weighted by Gasteiger charge is -2.11. The van der Waals surface area contributed by atoms with E-state index in [1.54, 1.807) is 42.7 Å². The van der Waals surface area contributed by atoms with Gasteiger partial charge < -0.3 is 9.47 Å². The number of halogens is 1. The van der Waals surface area contributed by atoms with Crippen LogP contribution < -0.4 is 9.47 Å². The molecule has 0 saturated heterocycles. The molecule has 0 atom stereocenters. The Bertz CT molecular complexity index is 990. The van der Waals surface area contributed by atoms with Gasteiger partial charge in [0.2, 0.25) is 0 Å². The summed E-state index contributed by atoms with van der Waals surface area (Å²) in [5.41, 5.74) is 1.72. The topological polar surface area (TPSA) is 35.5 Å². The number of ketones is 1. The molecule has 3 nitrogen and oxygen atoms in total. The minimum atomic E-state index is -0.306. The van der Waals surface area contributed by atoms with Gasteiger partial charge in [-0.05, 0) is 66.6 Å². The van der Waals surface area contributed by atoms with E-state index in [0.717, 1.165) is 28.8 Å². The van der Waals surface area contributed by atoms with Gasteiger partial charge in [0.25, 0.3) is 0 Å². The first kappa shape index (κ1) is 20.8. The normalized spacial score (nSPS) is 11.0. The first-order chi connectivity index (χ1) is 14.1. The van der Waals surface area contributed by atoms with Gasteiger partial charge in [-0.15, -0.1) is 11.3 Å². The summed E-state index contributed by atoms with van der Waals surface area (Å²) >= 11 is 1.55. The molecule has 1 heterocycles. The van der Waals surface area contributed by atoms with Crippen molar-refractivity contribution in [3.63, 3.8) is 0 Å². The Morgan fingerprint density at radius 3 is 2.62 bits per heavy atom. The number of allylic oxidation sites excluding steroid dienone is 1. The molecule has 3 aromatic rings. The molecule has 0 radical (unpaired) electrons. The molecule has 0 amide bonds. The second-order valence-corrected chi connectivity index (χ2v) is 7.70. The van der Waals surface area contributed by atoms with Crippen LogP contribution >= 0.6 is 11.3 Å². The molecule has 0 fully saturated rings. The van der Waals surface area contributed by atoms with Gasteiger partial charge in [0.05, 0.1) is 12.0 Å².